The predicted octanol–water partition coefficient (Wildman–Crippen LogP) is 3.55. The first-order valence-electron chi connectivity index (χ1n) is 6.90. The van der Waals surface area contributed by atoms with Crippen LogP contribution in [0.5, 0.6) is 5.75 Å². The Balaban J connectivity index is 2.21. The van der Waals surface area contributed by atoms with E-state index in [1.807, 2.05) is 12.1 Å². The number of likely N-dealkylation sites (N-methyl/N-ethyl adjacent to an activating group) is 1. The maximum absolute atomic E-state index is 6.00. The van der Waals surface area contributed by atoms with Gasteiger partial charge in [-0.3, -0.25) is 0 Å². The summed E-state index contributed by atoms with van der Waals surface area (Å²) >= 11 is 1.75. The molecule has 0 aliphatic carbocycles. The van der Waals surface area contributed by atoms with Gasteiger partial charge in [0.05, 0.1) is 13.2 Å². The van der Waals surface area contributed by atoms with Crippen LogP contribution in [0.1, 0.15) is 11.6 Å². The standard InChI is InChI=1S/C17H22N2OS/c1-19(14-6-8-15(20-2)9-7-14)17(12-18)13-4-10-16(21-3)11-5-13/h4-11,17H,12,18H2,1-3H3. The molecule has 0 fully saturated rings. The molecule has 1 unspecified atom stereocenters. The summed E-state index contributed by atoms with van der Waals surface area (Å²) in [6, 6.07) is 16.8. The summed E-state index contributed by atoms with van der Waals surface area (Å²) in [5.74, 6) is 0.862. The van der Waals surface area contributed by atoms with Crippen LogP contribution >= 0.6 is 11.8 Å². The van der Waals surface area contributed by atoms with Crippen LogP contribution in [0.4, 0.5) is 5.69 Å². The largest absolute Gasteiger partial charge is 0.497 e. The van der Waals surface area contributed by atoms with Gasteiger partial charge in [0.15, 0.2) is 0 Å². The Bertz CT molecular complexity index is 554. The molecule has 4 heteroatoms. The third-order valence-corrected chi connectivity index (χ3v) is 4.41. The predicted molar refractivity (Wildman–Crippen MR) is 91.4 cm³/mol. The minimum absolute atomic E-state index is 0.161. The van der Waals surface area contributed by atoms with Crippen molar-refractivity contribution < 1.29 is 4.74 Å². The quantitative estimate of drug-likeness (QED) is 0.828. The monoisotopic (exact) mass is 302 g/mol. The zero-order valence-corrected chi connectivity index (χ0v) is 13.6. The summed E-state index contributed by atoms with van der Waals surface area (Å²) in [5, 5.41) is 0. The van der Waals surface area contributed by atoms with Crippen LogP contribution < -0.4 is 15.4 Å². The molecule has 0 saturated carbocycles. The molecule has 0 saturated heterocycles. The number of ether oxygens (including phenoxy) is 1. The lowest BCUT2D eigenvalue weighted by Gasteiger charge is -2.29. The molecular weight excluding hydrogens is 280 g/mol. The van der Waals surface area contributed by atoms with Crippen molar-refractivity contribution in [2.24, 2.45) is 5.73 Å². The summed E-state index contributed by atoms with van der Waals surface area (Å²) in [4.78, 5) is 3.47. The fourth-order valence-electron chi connectivity index (χ4n) is 2.34. The molecule has 2 rings (SSSR count). The number of methoxy groups -OCH3 is 1. The van der Waals surface area contributed by atoms with Gasteiger partial charge in [0, 0.05) is 24.2 Å². The fourth-order valence-corrected chi connectivity index (χ4v) is 2.75. The van der Waals surface area contributed by atoms with Crippen LogP contribution in [0.2, 0.25) is 0 Å². The number of nitrogens with zero attached hydrogens (tertiary/aromatic N) is 1. The number of anilines is 1. The first-order valence-corrected chi connectivity index (χ1v) is 8.13. The number of hydrogen-bond donors (Lipinski definition) is 1. The average molecular weight is 302 g/mol. The van der Waals surface area contributed by atoms with Crippen LogP contribution in [0.3, 0.4) is 0 Å². The molecule has 2 N–H and O–H groups in total. The third-order valence-electron chi connectivity index (χ3n) is 3.67. The molecule has 2 aromatic rings. The summed E-state index contributed by atoms with van der Waals surface area (Å²) in [5.41, 5.74) is 8.35. The van der Waals surface area contributed by atoms with Crippen molar-refractivity contribution in [2.75, 3.05) is 31.9 Å². The van der Waals surface area contributed by atoms with Gasteiger partial charge in [-0.1, -0.05) is 12.1 Å². The molecule has 3 nitrogen and oxygen atoms in total. The second kappa shape index (κ2) is 7.38. The van der Waals surface area contributed by atoms with Crippen LogP contribution in [0.15, 0.2) is 53.4 Å². The second-order valence-corrected chi connectivity index (χ2v) is 5.71. The smallest absolute Gasteiger partial charge is 0.119 e. The van der Waals surface area contributed by atoms with E-state index in [-0.39, 0.29) is 6.04 Å². The normalized spacial score (nSPS) is 12.0. The van der Waals surface area contributed by atoms with E-state index in [4.69, 9.17) is 10.5 Å². The number of thioether (sulfide) groups is 1. The zero-order valence-electron chi connectivity index (χ0n) is 12.7. The number of rotatable bonds is 6. The molecular formula is C17H22N2OS. The zero-order chi connectivity index (χ0) is 15.2. The van der Waals surface area contributed by atoms with E-state index >= 15 is 0 Å². The van der Waals surface area contributed by atoms with Gasteiger partial charge >= 0.3 is 0 Å². The third kappa shape index (κ3) is 3.71. The Hall–Kier alpha value is -1.65. The minimum atomic E-state index is 0.161. The summed E-state index contributed by atoms with van der Waals surface area (Å²) in [6.45, 7) is 0.571. The number of hydrogen-bond acceptors (Lipinski definition) is 4. The lowest BCUT2D eigenvalue weighted by atomic mass is 10.1. The van der Waals surface area contributed by atoms with E-state index in [1.165, 1.54) is 10.5 Å². The summed E-state index contributed by atoms with van der Waals surface area (Å²) in [7, 11) is 3.75. The Labute approximate surface area is 131 Å². The van der Waals surface area contributed by atoms with E-state index in [1.54, 1.807) is 18.9 Å². The summed E-state index contributed by atoms with van der Waals surface area (Å²) < 4.78 is 5.20. The van der Waals surface area contributed by atoms with Crippen LogP contribution in [0, 0.1) is 0 Å². The first-order chi connectivity index (χ1) is 10.2. The van der Waals surface area contributed by atoms with E-state index < -0.39 is 0 Å². The lowest BCUT2D eigenvalue weighted by molar-refractivity contribution is 0.415. The van der Waals surface area contributed by atoms with Crippen molar-refractivity contribution in [1.29, 1.82) is 0 Å². The van der Waals surface area contributed by atoms with Crippen molar-refractivity contribution in [3.8, 4) is 5.75 Å². The molecule has 0 aliphatic heterocycles. The van der Waals surface area contributed by atoms with Crippen LogP contribution in [-0.4, -0.2) is 27.0 Å². The van der Waals surface area contributed by atoms with Crippen molar-refractivity contribution in [3.63, 3.8) is 0 Å². The Morgan fingerprint density at radius 1 is 1.10 bits per heavy atom. The number of benzene rings is 2. The van der Waals surface area contributed by atoms with Crippen molar-refractivity contribution in [1.82, 2.24) is 0 Å². The molecule has 0 amide bonds. The molecule has 0 spiro atoms. The molecule has 0 heterocycles. The van der Waals surface area contributed by atoms with Gasteiger partial charge in [0.25, 0.3) is 0 Å². The van der Waals surface area contributed by atoms with E-state index in [0.29, 0.717) is 6.54 Å². The molecule has 1 atom stereocenters. The Morgan fingerprint density at radius 3 is 2.19 bits per heavy atom. The molecule has 0 radical (unpaired) electrons. The van der Waals surface area contributed by atoms with Gasteiger partial charge in [-0.25, -0.2) is 0 Å². The average Bonchev–Trinajstić information content (AvgIpc) is 2.56. The van der Waals surface area contributed by atoms with Gasteiger partial charge in [-0.05, 0) is 48.2 Å². The van der Waals surface area contributed by atoms with Gasteiger partial charge in [-0.15, -0.1) is 11.8 Å². The highest BCUT2D eigenvalue weighted by atomic mass is 32.2. The highest BCUT2D eigenvalue weighted by molar-refractivity contribution is 7.98. The minimum Gasteiger partial charge on any atom is -0.497 e. The molecule has 112 valence electrons. The van der Waals surface area contributed by atoms with E-state index in [0.717, 1.165) is 11.4 Å². The first kappa shape index (κ1) is 15.7. The van der Waals surface area contributed by atoms with E-state index in [9.17, 15) is 0 Å². The van der Waals surface area contributed by atoms with Crippen molar-refractivity contribution >= 4 is 17.4 Å². The molecule has 0 aliphatic rings. The Morgan fingerprint density at radius 2 is 1.71 bits per heavy atom. The van der Waals surface area contributed by atoms with Gasteiger partial charge in [0.1, 0.15) is 5.75 Å². The summed E-state index contributed by atoms with van der Waals surface area (Å²) in [6.07, 6.45) is 2.08. The molecule has 21 heavy (non-hydrogen) atoms. The second-order valence-electron chi connectivity index (χ2n) is 4.83. The number of nitrogens with two attached hydrogens (primary N) is 1. The van der Waals surface area contributed by atoms with Crippen molar-refractivity contribution in [2.45, 2.75) is 10.9 Å². The van der Waals surface area contributed by atoms with E-state index in [2.05, 4.69) is 54.6 Å². The van der Waals surface area contributed by atoms with Crippen LogP contribution in [0.25, 0.3) is 0 Å². The maximum atomic E-state index is 6.00. The fraction of sp³-hybridized carbons (Fsp3) is 0.294. The SMILES string of the molecule is COc1ccc(N(C)C(CN)c2ccc(SC)cc2)cc1. The topological polar surface area (TPSA) is 38.5 Å². The van der Waals surface area contributed by atoms with Gasteiger partial charge in [0.2, 0.25) is 0 Å². The molecule has 2 aromatic carbocycles. The van der Waals surface area contributed by atoms with Crippen LogP contribution in [-0.2, 0) is 0 Å². The highest BCUT2D eigenvalue weighted by Gasteiger charge is 2.16. The van der Waals surface area contributed by atoms with Gasteiger partial charge < -0.3 is 15.4 Å². The van der Waals surface area contributed by atoms with Crippen molar-refractivity contribution in [3.05, 3.63) is 54.1 Å². The Kier molecular flexibility index (Phi) is 5.53. The molecule has 0 aromatic heterocycles. The lowest BCUT2D eigenvalue weighted by Crippen LogP contribution is -2.30. The van der Waals surface area contributed by atoms with Gasteiger partial charge in [-0.2, -0.15) is 0 Å². The maximum Gasteiger partial charge on any atom is 0.119 e. The molecule has 0 bridgehead atoms. The highest BCUT2D eigenvalue weighted by Crippen LogP contribution is 2.27.